The van der Waals surface area contributed by atoms with E-state index in [0.29, 0.717) is 5.69 Å². The highest BCUT2D eigenvalue weighted by Crippen LogP contribution is 2.22. The fourth-order valence-corrected chi connectivity index (χ4v) is 3.21. The third kappa shape index (κ3) is 3.38. The van der Waals surface area contributed by atoms with Gasteiger partial charge >= 0.3 is 0 Å². The van der Waals surface area contributed by atoms with E-state index in [1.807, 2.05) is 13.0 Å². The quantitative estimate of drug-likeness (QED) is 0.851. The summed E-state index contributed by atoms with van der Waals surface area (Å²) < 4.78 is 29.2. The summed E-state index contributed by atoms with van der Waals surface area (Å²) in [4.78, 5) is 0.0632. The Hall–Kier alpha value is -1.38. The molecule has 0 saturated heterocycles. The van der Waals surface area contributed by atoms with Crippen molar-refractivity contribution in [3.63, 3.8) is 0 Å². The third-order valence-electron chi connectivity index (χ3n) is 2.68. The number of sulfonamides is 1. The number of hydrogen-bond acceptors (Lipinski definition) is 4. The lowest BCUT2D eigenvalue weighted by Crippen LogP contribution is -2.13. The van der Waals surface area contributed by atoms with Gasteiger partial charge in [0.05, 0.1) is 25.0 Å². The zero-order valence-electron chi connectivity index (χ0n) is 10.7. The van der Waals surface area contributed by atoms with E-state index in [1.54, 1.807) is 12.1 Å². The molecule has 8 heteroatoms. The van der Waals surface area contributed by atoms with Crippen molar-refractivity contribution in [1.82, 2.24) is 9.78 Å². The summed E-state index contributed by atoms with van der Waals surface area (Å²) in [6.45, 7) is 1.98. The Kier molecular flexibility index (Phi) is 4.46. The zero-order valence-corrected chi connectivity index (χ0v) is 13.1. The molecule has 0 aliphatic rings. The molecule has 1 aromatic carbocycles. The number of benzene rings is 1. The van der Waals surface area contributed by atoms with Crippen LogP contribution in [0.2, 0.25) is 0 Å². The topological polar surface area (TPSA) is 84.2 Å². The van der Waals surface area contributed by atoms with Gasteiger partial charge in [-0.05, 0) is 30.7 Å². The highest BCUT2D eigenvalue weighted by molar-refractivity contribution is 9.10. The molecular weight excluding hydrogens is 346 g/mol. The van der Waals surface area contributed by atoms with Gasteiger partial charge in [-0.15, -0.1) is 0 Å². The fraction of sp³-hybridized carbons (Fsp3) is 0.250. The smallest absolute Gasteiger partial charge is 0.265 e. The van der Waals surface area contributed by atoms with Crippen LogP contribution in [0.15, 0.2) is 40.0 Å². The number of hydrogen-bond donors (Lipinski definition) is 2. The Bertz CT molecular complexity index is 712. The number of aliphatic hydroxyl groups excluding tert-OH is 1. The average molecular weight is 360 g/mol. The number of aryl methyl sites for hydroxylation is 1. The SMILES string of the molecule is Cc1cc(Br)ccc1NS(=O)(=O)c1cnn(CCO)c1. The molecule has 0 fully saturated rings. The molecular formula is C12H14BrN3O3S. The molecule has 0 unspecified atom stereocenters. The Morgan fingerprint density at radius 3 is 2.85 bits per heavy atom. The number of aromatic nitrogens is 2. The summed E-state index contributed by atoms with van der Waals surface area (Å²) in [6, 6.07) is 5.28. The Morgan fingerprint density at radius 1 is 1.45 bits per heavy atom. The maximum absolute atomic E-state index is 12.2. The lowest BCUT2D eigenvalue weighted by molar-refractivity contribution is 0.269. The van der Waals surface area contributed by atoms with E-state index in [1.165, 1.54) is 17.1 Å². The Morgan fingerprint density at radius 2 is 2.20 bits per heavy atom. The van der Waals surface area contributed by atoms with Crippen LogP contribution in [0.5, 0.6) is 0 Å². The van der Waals surface area contributed by atoms with Crippen molar-refractivity contribution in [3.05, 3.63) is 40.6 Å². The summed E-state index contributed by atoms with van der Waals surface area (Å²) in [5.74, 6) is 0. The minimum Gasteiger partial charge on any atom is -0.394 e. The first-order valence-electron chi connectivity index (χ1n) is 5.84. The van der Waals surface area contributed by atoms with Crippen molar-refractivity contribution in [2.45, 2.75) is 18.4 Å². The molecule has 0 spiro atoms. The van der Waals surface area contributed by atoms with Gasteiger partial charge in [0.25, 0.3) is 10.0 Å². The normalized spacial score (nSPS) is 11.6. The van der Waals surface area contributed by atoms with Crippen LogP contribution in [0.3, 0.4) is 0 Å². The van der Waals surface area contributed by atoms with Gasteiger partial charge in [-0.1, -0.05) is 15.9 Å². The fourth-order valence-electron chi connectivity index (χ4n) is 1.65. The molecule has 1 heterocycles. The van der Waals surface area contributed by atoms with Gasteiger partial charge in [0.1, 0.15) is 4.90 Å². The van der Waals surface area contributed by atoms with E-state index in [0.717, 1.165) is 10.0 Å². The van der Waals surface area contributed by atoms with E-state index in [9.17, 15) is 8.42 Å². The molecule has 0 radical (unpaired) electrons. The minimum absolute atomic E-state index is 0.0632. The van der Waals surface area contributed by atoms with E-state index in [4.69, 9.17) is 5.11 Å². The van der Waals surface area contributed by atoms with Crippen molar-refractivity contribution in [2.75, 3.05) is 11.3 Å². The second-order valence-corrected chi connectivity index (χ2v) is 6.83. The molecule has 1 aromatic heterocycles. The molecule has 108 valence electrons. The average Bonchev–Trinajstić information content (AvgIpc) is 2.83. The van der Waals surface area contributed by atoms with Gasteiger partial charge < -0.3 is 5.11 Å². The van der Waals surface area contributed by atoms with Crippen molar-refractivity contribution in [3.8, 4) is 0 Å². The van der Waals surface area contributed by atoms with Gasteiger partial charge in [0.2, 0.25) is 0 Å². The van der Waals surface area contributed by atoms with Crippen molar-refractivity contribution in [1.29, 1.82) is 0 Å². The predicted molar refractivity (Wildman–Crippen MR) is 79.0 cm³/mol. The number of halogens is 1. The Labute approximate surface area is 125 Å². The third-order valence-corrected chi connectivity index (χ3v) is 4.50. The summed E-state index contributed by atoms with van der Waals surface area (Å²) in [5, 5.41) is 12.7. The van der Waals surface area contributed by atoms with Crippen LogP contribution in [0.4, 0.5) is 5.69 Å². The lowest BCUT2D eigenvalue weighted by Gasteiger charge is -2.09. The summed E-state index contributed by atoms with van der Waals surface area (Å²) in [5.41, 5.74) is 1.33. The van der Waals surface area contributed by atoms with Gasteiger partial charge in [-0.2, -0.15) is 5.10 Å². The molecule has 0 atom stereocenters. The number of rotatable bonds is 5. The van der Waals surface area contributed by atoms with E-state index < -0.39 is 10.0 Å². The largest absolute Gasteiger partial charge is 0.394 e. The van der Waals surface area contributed by atoms with Crippen LogP contribution in [0.1, 0.15) is 5.56 Å². The van der Waals surface area contributed by atoms with Crippen LogP contribution in [-0.4, -0.2) is 29.9 Å². The maximum atomic E-state index is 12.2. The molecule has 2 N–H and O–H groups in total. The molecule has 2 aromatic rings. The lowest BCUT2D eigenvalue weighted by atomic mass is 10.2. The number of anilines is 1. The molecule has 0 aliphatic carbocycles. The van der Waals surface area contributed by atoms with Crippen molar-refractivity contribution >= 4 is 31.6 Å². The standard InChI is InChI=1S/C12H14BrN3O3S/c1-9-6-10(13)2-3-12(9)15-20(18,19)11-7-14-16(8-11)4-5-17/h2-3,6-8,15,17H,4-5H2,1H3. The second-order valence-electron chi connectivity index (χ2n) is 4.23. The molecule has 20 heavy (non-hydrogen) atoms. The highest BCUT2D eigenvalue weighted by Gasteiger charge is 2.17. The van der Waals surface area contributed by atoms with E-state index in [2.05, 4.69) is 25.8 Å². The first kappa shape index (κ1) is 15.0. The maximum Gasteiger partial charge on any atom is 0.265 e. The van der Waals surface area contributed by atoms with E-state index in [-0.39, 0.29) is 18.0 Å². The highest BCUT2D eigenvalue weighted by atomic mass is 79.9. The van der Waals surface area contributed by atoms with Gasteiger partial charge in [0.15, 0.2) is 0 Å². The number of nitrogens with one attached hydrogen (secondary N) is 1. The van der Waals surface area contributed by atoms with Crippen molar-refractivity contribution < 1.29 is 13.5 Å². The second kappa shape index (κ2) is 5.94. The number of aliphatic hydroxyl groups is 1. The predicted octanol–water partition coefficient (Wildman–Crippen LogP) is 1.75. The number of nitrogens with zero attached hydrogens (tertiary/aromatic N) is 2. The van der Waals surface area contributed by atoms with Crippen molar-refractivity contribution in [2.24, 2.45) is 0 Å². The van der Waals surface area contributed by atoms with Gasteiger partial charge in [-0.25, -0.2) is 8.42 Å². The zero-order chi connectivity index (χ0) is 14.8. The van der Waals surface area contributed by atoms with Crippen LogP contribution in [-0.2, 0) is 16.6 Å². The summed E-state index contributed by atoms with van der Waals surface area (Å²) >= 11 is 3.33. The van der Waals surface area contributed by atoms with Crippen LogP contribution >= 0.6 is 15.9 Å². The van der Waals surface area contributed by atoms with Gasteiger partial charge in [-0.3, -0.25) is 9.40 Å². The summed E-state index contributed by atoms with van der Waals surface area (Å²) in [7, 11) is -3.68. The van der Waals surface area contributed by atoms with Crippen LogP contribution < -0.4 is 4.72 Å². The monoisotopic (exact) mass is 359 g/mol. The Balaban J connectivity index is 2.26. The molecule has 0 bridgehead atoms. The minimum atomic E-state index is -3.68. The molecule has 0 amide bonds. The molecule has 0 aliphatic heterocycles. The van der Waals surface area contributed by atoms with Crippen LogP contribution in [0, 0.1) is 6.92 Å². The molecule has 2 rings (SSSR count). The molecule has 6 nitrogen and oxygen atoms in total. The summed E-state index contributed by atoms with van der Waals surface area (Å²) in [6.07, 6.45) is 2.64. The first-order valence-corrected chi connectivity index (χ1v) is 8.12. The van der Waals surface area contributed by atoms with Crippen LogP contribution in [0.25, 0.3) is 0 Å². The van der Waals surface area contributed by atoms with E-state index >= 15 is 0 Å². The van der Waals surface area contributed by atoms with Gasteiger partial charge in [0, 0.05) is 10.7 Å². The molecule has 0 saturated carbocycles. The first-order chi connectivity index (χ1) is 9.42.